The molecular weight excluding hydrogens is 204 g/mol. The first-order valence-electron chi connectivity index (χ1n) is 5.68. The molecule has 5 heteroatoms. The average Bonchev–Trinajstić information content (AvgIpc) is 2.66. The summed E-state index contributed by atoms with van der Waals surface area (Å²) in [5, 5.41) is 4.06. The highest BCUT2D eigenvalue weighted by atomic mass is 16.2. The Morgan fingerprint density at radius 2 is 2.25 bits per heavy atom. The highest BCUT2D eigenvalue weighted by Crippen LogP contribution is 2.09. The number of nitrogens with zero attached hydrogens (tertiary/aromatic N) is 3. The van der Waals surface area contributed by atoms with E-state index in [1.165, 1.54) is 0 Å². The molecule has 0 aliphatic heterocycles. The van der Waals surface area contributed by atoms with Crippen molar-refractivity contribution in [1.29, 1.82) is 0 Å². The highest BCUT2D eigenvalue weighted by molar-refractivity contribution is 5.93. The Labute approximate surface area is 96.2 Å². The number of aromatic nitrogens is 2. The molecule has 0 fully saturated rings. The largest absolute Gasteiger partial charge is 0.382 e. The molecule has 0 atom stereocenters. The molecule has 90 valence electrons. The third-order valence-electron chi connectivity index (χ3n) is 2.51. The van der Waals surface area contributed by atoms with Gasteiger partial charge in [-0.25, -0.2) is 0 Å². The zero-order chi connectivity index (χ0) is 12.1. The molecule has 2 N–H and O–H groups in total. The van der Waals surface area contributed by atoms with E-state index in [1.54, 1.807) is 22.7 Å². The topological polar surface area (TPSA) is 64.2 Å². The standard InChI is InChI=1S/C11H20N4O/c1-4-6-7-14(3)11(16)9-8-10(12)13-15(9)5-2/h8H,4-7H2,1-3H3,(H2,12,13). The fourth-order valence-electron chi connectivity index (χ4n) is 1.54. The number of carbonyl (C=O) groups excluding carboxylic acids is 1. The first kappa shape index (κ1) is 12.5. The van der Waals surface area contributed by atoms with Gasteiger partial charge in [-0.3, -0.25) is 9.48 Å². The lowest BCUT2D eigenvalue weighted by molar-refractivity contribution is 0.0781. The number of unbranched alkanes of at least 4 members (excludes halogenated alkanes) is 1. The molecule has 0 saturated heterocycles. The van der Waals surface area contributed by atoms with Crippen molar-refractivity contribution in [2.45, 2.75) is 33.2 Å². The van der Waals surface area contributed by atoms with E-state index in [0.29, 0.717) is 18.1 Å². The van der Waals surface area contributed by atoms with Gasteiger partial charge >= 0.3 is 0 Å². The molecule has 0 spiro atoms. The second kappa shape index (κ2) is 5.53. The van der Waals surface area contributed by atoms with Crippen molar-refractivity contribution in [1.82, 2.24) is 14.7 Å². The molecule has 16 heavy (non-hydrogen) atoms. The Bertz CT molecular complexity index is 359. The van der Waals surface area contributed by atoms with Gasteiger partial charge < -0.3 is 10.6 Å². The van der Waals surface area contributed by atoms with Crippen LogP contribution in [-0.4, -0.2) is 34.2 Å². The van der Waals surface area contributed by atoms with Crippen LogP contribution in [0.2, 0.25) is 0 Å². The van der Waals surface area contributed by atoms with Gasteiger partial charge in [-0.2, -0.15) is 5.10 Å². The normalized spacial score (nSPS) is 10.4. The Kier molecular flexibility index (Phi) is 4.34. The summed E-state index contributed by atoms with van der Waals surface area (Å²) in [4.78, 5) is 13.8. The zero-order valence-electron chi connectivity index (χ0n) is 10.2. The number of nitrogen functional groups attached to an aromatic ring is 1. The molecule has 0 unspecified atom stereocenters. The van der Waals surface area contributed by atoms with Gasteiger partial charge in [0.25, 0.3) is 5.91 Å². The Morgan fingerprint density at radius 3 is 2.81 bits per heavy atom. The lowest BCUT2D eigenvalue weighted by atomic mass is 10.3. The van der Waals surface area contributed by atoms with Crippen LogP contribution in [-0.2, 0) is 6.54 Å². The van der Waals surface area contributed by atoms with E-state index in [0.717, 1.165) is 19.4 Å². The minimum Gasteiger partial charge on any atom is -0.382 e. The predicted molar refractivity (Wildman–Crippen MR) is 64.2 cm³/mol. The van der Waals surface area contributed by atoms with Crippen LogP contribution in [0, 0.1) is 0 Å². The first-order chi connectivity index (χ1) is 7.60. The molecule has 1 rings (SSSR count). The van der Waals surface area contributed by atoms with Crippen LogP contribution in [0.4, 0.5) is 5.82 Å². The monoisotopic (exact) mass is 224 g/mol. The molecule has 1 heterocycles. The molecule has 0 radical (unpaired) electrons. The lowest BCUT2D eigenvalue weighted by Gasteiger charge is -2.16. The second-order valence-electron chi connectivity index (χ2n) is 3.85. The smallest absolute Gasteiger partial charge is 0.271 e. The molecular formula is C11H20N4O. The van der Waals surface area contributed by atoms with Gasteiger partial charge in [0.1, 0.15) is 11.5 Å². The van der Waals surface area contributed by atoms with Crippen LogP contribution in [0.25, 0.3) is 0 Å². The van der Waals surface area contributed by atoms with Crippen LogP contribution in [0.5, 0.6) is 0 Å². The van der Waals surface area contributed by atoms with Gasteiger partial charge in [0, 0.05) is 26.2 Å². The van der Waals surface area contributed by atoms with Gasteiger partial charge in [0.05, 0.1) is 0 Å². The summed E-state index contributed by atoms with van der Waals surface area (Å²) in [6.45, 7) is 5.46. The van der Waals surface area contributed by atoms with Gasteiger partial charge in [-0.15, -0.1) is 0 Å². The molecule has 0 aliphatic carbocycles. The zero-order valence-corrected chi connectivity index (χ0v) is 10.2. The Balaban J connectivity index is 2.78. The number of hydrogen-bond acceptors (Lipinski definition) is 3. The number of rotatable bonds is 5. The van der Waals surface area contributed by atoms with Gasteiger partial charge in [0.2, 0.25) is 0 Å². The molecule has 1 aromatic rings. The van der Waals surface area contributed by atoms with Gasteiger partial charge in [-0.1, -0.05) is 13.3 Å². The molecule has 0 bridgehead atoms. The van der Waals surface area contributed by atoms with Crippen LogP contribution in [0.15, 0.2) is 6.07 Å². The number of anilines is 1. The van der Waals surface area contributed by atoms with Crippen LogP contribution in [0.1, 0.15) is 37.2 Å². The van der Waals surface area contributed by atoms with E-state index < -0.39 is 0 Å². The number of amides is 1. The highest BCUT2D eigenvalue weighted by Gasteiger charge is 2.16. The van der Waals surface area contributed by atoms with Crippen molar-refractivity contribution in [3.8, 4) is 0 Å². The van der Waals surface area contributed by atoms with Crippen LogP contribution >= 0.6 is 0 Å². The summed E-state index contributed by atoms with van der Waals surface area (Å²) in [6.07, 6.45) is 2.09. The molecule has 0 aromatic carbocycles. The molecule has 5 nitrogen and oxygen atoms in total. The van der Waals surface area contributed by atoms with E-state index in [4.69, 9.17) is 5.73 Å². The summed E-state index contributed by atoms with van der Waals surface area (Å²) < 4.78 is 1.64. The van der Waals surface area contributed by atoms with Crippen molar-refractivity contribution in [2.24, 2.45) is 0 Å². The Morgan fingerprint density at radius 1 is 1.56 bits per heavy atom. The van der Waals surface area contributed by atoms with E-state index in [1.807, 2.05) is 6.92 Å². The van der Waals surface area contributed by atoms with Gasteiger partial charge in [0.15, 0.2) is 0 Å². The molecule has 0 aliphatic rings. The van der Waals surface area contributed by atoms with E-state index >= 15 is 0 Å². The number of hydrogen-bond donors (Lipinski definition) is 1. The maximum absolute atomic E-state index is 12.1. The summed E-state index contributed by atoms with van der Waals surface area (Å²) in [5.41, 5.74) is 6.16. The van der Waals surface area contributed by atoms with Crippen LogP contribution in [0.3, 0.4) is 0 Å². The summed E-state index contributed by atoms with van der Waals surface area (Å²) in [6, 6.07) is 1.63. The quantitative estimate of drug-likeness (QED) is 0.821. The van der Waals surface area contributed by atoms with E-state index in [2.05, 4.69) is 12.0 Å². The number of carbonyl (C=O) groups is 1. The molecule has 1 amide bonds. The van der Waals surface area contributed by atoms with E-state index in [-0.39, 0.29) is 5.91 Å². The van der Waals surface area contributed by atoms with Crippen molar-refractivity contribution < 1.29 is 4.79 Å². The third kappa shape index (κ3) is 2.74. The average molecular weight is 224 g/mol. The second-order valence-corrected chi connectivity index (χ2v) is 3.85. The summed E-state index contributed by atoms with van der Waals surface area (Å²) in [5.74, 6) is 0.383. The van der Waals surface area contributed by atoms with Crippen molar-refractivity contribution in [3.63, 3.8) is 0 Å². The minimum atomic E-state index is -0.0144. The maximum atomic E-state index is 12.1. The fraction of sp³-hybridized carbons (Fsp3) is 0.636. The van der Waals surface area contributed by atoms with E-state index in [9.17, 15) is 4.79 Å². The fourth-order valence-corrected chi connectivity index (χ4v) is 1.54. The first-order valence-corrected chi connectivity index (χ1v) is 5.68. The van der Waals surface area contributed by atoms with Crippen molar-refractivity contribution in [3.05, 3.63) is 11.8 Å². The maximum Gasteiger partial charge on any atom is 0.271 e. The molecule has 1 aromatic heterocycles. The predicted octanol–water partition coefficient (Wildman–Crippen LogP) is 1.36. The van der Waals surface area contributed by atoms with Crippen molar-refractivity contribution in [2.75, 3.05) is 19.3 Å². The SMILES string of the molecule is CCCCN(C)C(=O)c1cc(N)nn1CC. The summed E-state index contributed by atoms with van der Waals surface area (Å²) >= 11 is 0. The minimum absolute atomic E-state index is 0.0144. The third-order valence-corrected chi connectivity index (χ3v) is 2.51. The van der Waals surface area contributed by atoms with Crippen LogP contribution < -0.4 is 5.73 Å². The molecule has 0 saturated carbocycles. The summed E-state index contributed by atoms with van der Waals surface area (Å²) in [7, 11) is 1.81. The number of nitrogens with two attached hydrogens (primary N) is 1. The van der Waals surface area contributed by atoms with Gasteiger partial charge in [-0.05, 0) is 13.3 Å². The number of aryl methyl sites for hydroxylation is 1. The lowest BCUT2D eigenvalue weighted by Crippen LogP contribution is -2.29. The Hall–Kier alpha value is -1.52. The van der Waals surface area contributed by atoms with Crippen molar-refractivity contribution >= 4 is 11.7 Å².